The van der Waals surface area contributed by atoms with Crippen molar-refractivity contribution in [2.75, 3.05) is 0 Å². The summed E-state index contributed by atoms with van der Waals surface area (Å²) in [6.45, 7) is 3.71. The molecule has 0 atom stereocenters. The number of aryl methyl sites for hydroxylation is 2. The van der Waals surface area contributed by atoms with Gasteiger partial charge in [0.15, 0.2) is 0 Å². The van der Waals surface area contributed by atoms with Gasteiger partial charge in [0.25, 0.3) is 5.78 Å². The van der Waals surface area contributed by atoms with Crippen molar-refractivity contribution in [1.29, 1.82) is 0 Å². The fourth-order valence-electron chi connectivity index (χ4n) is 3.21. The normalized spacial score (nSPS) is 15.4. The molecule has 0 radical (unpaired) electrons. The first-order chi connectivity index (χ1) is 11.6. The van der Waals surface area contributed by atoms with Gasteiger partial charge in [-0.15, -0.1) is 0 Å². The Kier molecular flexibility index (Phi) is 4.73. The molecule has 0 unspecified atom stereocenters. The van der Waals surface area contributed by atoms with Gasteiger partial charge in [-0.2, -0.15) is 10.1 Å². The Bertz CT molecular complexity index is 763. The lowest BCUT2D eigenvalue weighted by molar-refractivity contribution is -0.131. The number of hydrogen-bond donors (Lipinski definition) is 2. The molecule has 128 valence electrons. The minimum absolute atomic E-state index is 0.00990. The van der Waals surface area contributed by atoms with E-state index in [9.17, 15) is 9.59 Å². The maximum atomic E-state index is 12.2. The van der Waals surface area contributed by atoms with Crippen LogP contribution in [0.5, 0.6) is 0 Å². The predicted molar refractivity (Wildman–Crippen MR) is 86.8 cm³/mol. The molecule has 8 nitrogen and oxygen atoms in total. The van der Waals surface area contributed by atoms with Crippen LogP contribution < -0.4 is 10.9 Å². The van der Waals surface area contributed by atoms with Crippen LogP contribution >= 0.6 is 0 Å². The lowest BCUT2D eigenvalue weighted by atomic mass is 9.89. The molecule has 1 saturated carbocycles. The van der Waals surface area contributed by atoms with Gasteiger partial charge in [0.05, 0.1) is 6.42 Å². The van der Waals surface area contributed by atoms with Crippen LogP contribution in [0.4, 0.5) is 0 Å². The molecular formula is C16H22N6O2. The molecule has 2 amide bonds. The van der Waals surface area contributed by atoms with Crippen LogP contribution in [0.2, 0.25) is 0 Å². The van der Waals surface area contributed by atoms with E-state index in [1.54, 1.807) is 4.52 Å². The molecule has 3 rings (SSSR count). The highest BCUT2D eigenvalue weighted by atomic mass is 16.2. The summed E-state index contributed by atoms with van der Waals surface area (Å²) in [4.78, 5) is 32.6. The van der Waals surface area contributed by atoms with Gasteiger partial charge in [-0.3, -0.25) is 20.4 Å². The number of nitrogens with zero attached hydrogens (tertiary/aromatic N) is 4. The largest absolute Gasteiger partial charge is 0.273 e. The first-order valence-corrected chi connectivity index (χ1v) is 8.30. The lowest BCUT2D eigenvalue weighted by Gasteiger charge is -2.20. The molecule has 2 aromatic heterocycles. The molecule has 0 aliphatic heterocycles. The van der Waals surface area contributed by atoms with E-state index in [0.29, 0.717) is 5.78 Å². The first kappa shape index (κ1) is 16.4. The van der Waals surface area contributed by atoms with Crippen LogP contribution in [0.1, 0.15) is 49.1 Å². The number of hydrogen-bond acceptors (Lipinski definition) is 5. The fourth-order valence-corrected chi connectivity index (χ4v) is 3.21. The monoisotopic (exact) mass is 330 g/mol. The maximum absolute atomic E-state index is 12.2. The predicted octanol–water partition coefficient (Wildman–Crippen LogP) is 1.01. The van der Waals surface area contributed by atoms with E-state index in [1.807, 2.05) is 13.8 Å². The van der Waals surface area contributed by atoms with E-state index >= 15 is 0 Å². The minimum atomic E-state index is -0.272. The van der Waals surface area contributed by atoms with Crippen LogP contribution in [0, 0.1) is 19.8 Å². The van der Waals surface area contributed by atoms with Crippen LogP contribution in [0.3, 0.4) is 0 Å². The Morgan fingerprint density at radius 3 is 2.71 bits per heavy atom. The average molecular weight is 330 g/mol. The summed E-state index contributed by atoms with van der Waals surface area (Å²) in [6, 6.07) is 0. The van der Waals surface area contributed by atoms with Crippen molar-refractivity contribution in [1.82, 2.24) is 30.4 Å². The maximum Gasteiger partial charge on any atom is 0.252 e. The number of carbonyl (C=O) groups excluding carboxylic acids is 2. The fraction of sp³-hybridized carbons (Fsp3) is 0.562. The van der Waals surface area contributed by atoms with E-state index in [1.165, 1.54) is 12.7 Å². The Labute approximate surface area is 140 Å². The van der Waals surface area contributed by atoms with Gasteiger partial charge in [-0.25, -0.2) is 9.50 Å². The molecule has 1 aliphatic carbocycles. The minimum Gasteiger partial charge on any atom is -0.273 e. The molecule has 0 aromatic carbocycles. The molecule has 1 fully saturated rings. The Balaban J connectivity index is 1.61. The Hall–Kier alpha value is -2.51. The number of hydrazine groups is 1. The highest BCUT2D eigenvalue weighted by molar-refractivity contribution is 5.84. The second-order valence-corrected chi connectivity index (χ2v) is 6.28. The average Bonchev–Trinajstić information content (AvgIpc) is 3.05. The summed E-state index contributed by atoms with van der Waals surface area (Å²) >= 11 is 0. The van der Waals surface area contributed by atoms with Gasteiger partial charge >= 0.3 is 0 Å². The summed E-state index contributed by atoms with van der Waals surface area (Å²) < 4.78 is 1.61. The molecule has 0 bridgehead atoms. The van der Waals surface area contributed by atoms with Crippen LogP contribution in [0.15, 0.2) is 6.33 Å². The molecular weight excluding hydrogens is 308 g/mol. The van der Waals surface area contributed by atoms with Gasteiger partial charge in [0.2, 0.25) is 11.8 Å². The first-order valence-electron chi connectivity index (χ1n) is 8.30. The van der Waals surface area contributed by atoms with Crippen molar-refractivity contribution in [3.63, 3.8) is 0 Å². The Morgan fingerprint density at radius 2 is 1.96 bits per heavy atom. The topological polar surface area (TPSA) is 101 Å². The molecule has 2 N–H and O–H groups in total. The van der Waals surface area contributed by atoms with Crippen molar-refractivity contribution in [2.45, 2.75) is 52.4 Å². The van der Waals surface area contributed by atoms with Gasteiger partial charge < -0.3 is 0 Å². The summed E-state index contributed by atoms with van der Waals surface area (Å²) in [5.41, 5.74) is 7.41. The third kappa shape index (κ3) is 3.37. The van der Waals surface area contributed by atoms with Crippen LogP contribution in [0.25, 0.3) is 5.78 Å². The standard InChI is InChI=1S/C16H22N6O2/c1-10-13(11(2)22-16(19-10)17-9-18-22)8-14(23)20-21-15(24)12-6-4-3-5-7-12/h9,12H,3-8H2,1-2H3,(H,20,23)(H,21,24). The highest BCUT2D eigenvalue weighted by Crippen LogP contribution is 2.23. The third-order valence-electron chi connectivity index (χ3n) is 4.63. The zero-order valence-electron chi connectivity index (χ0n) is 14.0. The van der Waals surface area contributed by atoms with Crippen LogP contribution in [-0.2, 0) is 16.0 Å². The molecule has 2 heterocycles. The van der Waals surface area contributed by atoms with Gasteiger partial charge in [-0.05, 0) is 26.7 Å². The molecule has 2 aromatic rings. The van der Waals surface area contributed by atoms with Crippen molar-refractivity contribution in [3.05, 3.63) is 23.3 Å². The number of fused-ring (bicyclic) bond motifs is 1. The van der Waals surface area contributed by atoms with Crippen molar-refractivity contribution >= 4 is 17.6 Å². The number of amides is 2. The smallest absolute Gasteiger partial charge is 0.252 e. The SMILES string of the molecule is Cc1nc2ncnn2c(C)c1CC(=O)NNC(=O)C1CCCCC1. The molecule has 0 saturated heterocycles. The van der Waals surface area contributed by atoms with Crippen molar-refractivity contribution in [2.24, 2.45) is 5.92 Å². The van der Waals surface area contributed by atoms with E-state index in [4.69, 9.17) is 0 Å². The van der Waals surface area contributed by atoms with E-state index < -0.39 is 0 Å². The number of rotatable bonds is 3. The molecule has 8 heteroatoms. The number of carbonyl (C=O) groups is 2. The third-order valence-corrected chi connectivity index (χ3v) is 4.63. The summed E-state index contributed by atoms with van der Waals surface area (Å²) in [7, 11) is 0. The number of nitrogens with one attached hydrogen (secondary N) is 2. The summed E-state index contributed by atoms with van der Waals surface area (Å²) in [5.74, 6) is 0.156. The van der Waals surface area contributed by atoms with E-state index in [2.05, 4.69) is 25.9 Å². The zero-order chi connectivity index (χ0) is 17.1. The number of aromatic nitrogens is 4. The second-order valence-electron chi connectivity index (χ2n) is 6.28. The lowest BCUT2D eigenvalue weighted by Crippen LogP contribution is -2.45. The second kappa shape index (κ2) is 6.94. The van der Waals surface area contributed by atoms with Crippen molar-refractivity contribution in [3.8, 4) is 0 Å². The summed E-state index contributed by atoms with van der Waals surface area (Å²) in [6.07, 6.45) is 6.70. The quantitative estimate of drug-likeness (QED) is 0.818. The molecule has 1 aliphatic rings. The van der Waals surface area contributed by atoms with Gasteiger partial charge in [0.1, 0.15) is 6.33 Å². The van der Waals surface area contributed by atoms with Crippen molar-refractivity contribution < 1.29 is 9.59 Å². The zero-order valence-corrected chi connectivity index (χ0v) is 14.0. The van der Waals surface area contributed by atoms with E-state index in [-0.39, 0.29) is 24.2 Å². The van der Waals surface area contributed by atoms with E-state index in [0.717, 1.165) is 42.6 Å². The molecule has 0 spiro atoms. The Morgan fingerprint density at radius 1 is 1.21 bits per heavy atom. The highest BCUT2D eigenvalue weighted by Gasteiger charge is 2.21. The van der Waals surface area contributed by atoms with Gasteiger partial charge in [-0.1, -0.05) is 19.3 Å². The van der Waals surface area contributed by atoms with Crippen LogP contribution in [-0.4, -0.2) is 31.4 Å². The van der Waals surface area contributed by atoms with Gasteiger partial charge in [0, 0.05) is 22.9 Å². The molecule has 24 heavy (non-hydrogen) atoms. The summed E-state index contributed by atoms with van der Waals surface area (Å²) in [5, 5.41) is 4.10.